The van der Waals surface area contributed by atoms with Gasteiger partial charge in [0.25, 0.3) is 6.43 Å². The fraction of sp³-hybridized carbons (Fsp3) is 0.500. The molecule has 0 aliphatic rings. The van der Waals surface area contributed by atoms with Gasteiger partial charge in [0.1, 0.15) is 22.2 Å². The topological polar surface area (TPSA) is 98.5 Å². The van der Waals surface area contributed by atoms with Crippen LogP contribution in [-0.2, 0) is 14.6 Å². The van der Waals surface area contributed by atoms with Crippen LogP contribution in [0.25, 0.3) is 0 Å². The van der Waals surface area contributed by atoms with Gasteiger partial charge in [-0.3, -0.25) is 4.79 Å². The third kappa shape index (κ3) is 7.38. The van der Waals surface area contributed by atoms with Gasteiger partial charge in [0.2, 0.25) is 5.91 Å². The highest BCUT2D eigenvalue weighted by Gasteiger charge is 2.16. The lowest BCUT2D eigenvalue weighted by Crippen LogP contribution is -2.37. The number of nitrogens with one attached hydrogen (secondary N) is 1. The number of anilines is 1. The summed E-state index contributed by atoms with van der Waals surface area (Å²) >= 11 is 0. The fourth-order valence-corrected chi connectivity index (χ4v) is 2.38. The molecular weight excluding hydrogens is 330 g/mol. The van der Waals surface area contributed by atoms with Crippen molar-refractivity contribution < 1.29 is 26.7 Å². The first kappa shape index (κ1) is 19.3. The van der Waals surface area contributed by atoms with Crippen LogP contribution < -0.4 is 15.8 Å². The average molecular weight is 350 g/mol. The van der Waals surface area contributed by atoms with Crippen LogP contribution in [0, 0.1) is 6.92 Å². The Morgan fingerprint density at radius 3 is 2.61 bits per heavy atom. The van der Waals surface area contributed by atoms with Crippen LogP contribution >= 0.6 is 0 Å². The normalized spacial score (nSPS) is 13.0. The number of hydrogen-bond acceptors (Lipinski definition) is 5. The Bertz CT molecular complexity index is 650. The minimum atomic E-state index is -3.20. The molecule has 0 aliphatic heterocycles. The summed E-state index contributed by atoms with van der Waals surface area (Å²) in [6, 6.07) is 3.61. The van der Waals surface area contributed by atoms with E-state index in [1.165, 1.54) is 6.07 Å². The lowest BCUT2D eigenvalue weighted by Gasteiger charge is -2.14. The number of nitrogens with two attached hydrogens (primary N) is 1. The van der Waals surface area contributed by atoms with Crippen molar-refractivity contribution in [2.45, 2.75) is 25.8 Å². The maximum atomic E-state index is 12.2. The van der Waals surface area contributed by atoms with Gasteiger partial charge in [0, 0.05) is 18.0 Å². The molecule has 0 fully saturated rings. The van der Waals surface area contributed by atoms with E-state index in [1.807, 2.05) is 0 Å². The zero-order valence-electron chi connectivity index (χ0n) is 12.9. The number of rotatable bonds is 8. The first-order chi connectivity index (χ1) is 10.6. The zero-order chi connectivity index (χ0) is 17.6. The maximum absolute atomic E-state index is 12.2. The van der Waals surface area contributed by atoms with Crippen LogP contribution in [-0.4, -0.2) is 45.4 Å². The number of halogens is 2. The quantitative estimate of drug-likeness (QED) is 0.737. The van der Waals surface area contributed by atoms with Crippen LogP contribution in [0.3, 0.4) is 0 Å². The minimum absolute atomic E-state index is 0.00866. The first-order valence-electron chi connectivity index (χ1n) is 6.84. The van der Waals surface area contributed by atoms with Gasteiger partial charge >= 0.3 is 0 Å². The number of carbonyl (C=O) groups excluding carboxylic acids is 1. The molecule has 3 N–H and O–H groups in total. The van der Waals surface area contributed by atoms with Gasteiger partial charge in [0.15, 0.2) is 0 Å². The molecule has 1 atom stereocenters. The summed E-state index contributed by atoms with van der Waals surface area (Å²) in [6.45, 7) is 0.941. The Kier molecular flexibility index (Phi) is 6.89. The number of aryl methyl sites for hydroxylation is 1. The summed E-state index contributed by atoms with van der Waals surface area (Å²) in [5, 5.41) is 2.51. The van der Waals surface area contributed by atoms with Gasteiger partial charge in [-0.2, -0.15) is 0 Å². The van der Waals surface area contributed by atoms with Crippen LogP contribution in [0.1, 0.15) is 12.0 Å². The van der Waals surface area contributed by atoms with E-state index in [1.54, 1.807) is 19.1 Å². The van der Waals surface area contributed by atoms with E-state index in [4.69, 9.17) is 10.5 Å². The number of hydrogen-bond donors (Lipinski definition) is 2. The van der Waals surface area contributed by atoms with Crippen molar-refractivity contribution in [2.24, 2.45) is 5.73 Å². The molecule has 0 saturated carbocycles. The van der Waals surface area contributed by atoms with Crippen molar-refractivity contribution in [1.29, 1.82) is 0 Å². The van der Waals surface area contributed by atoms with Crippen molar-refractivity contribution in [3.8, 4) is 5.75 Å². The Morgan fingerprint density at radius 1 is 1.39 bits per heavy atom. The van der Waals surface area contributed by atoms with Gasteiger partial charge in [-0.05, 0) is 25.0 Å². The molecule has 6 nitrogen and oxygen atoms in total. The summed E-state index contributed by atoms with van der Waals surface area (Å²) in [4.78, 5) is 11.9. The molecule has 1 aromatic carbocycles. The molecule has 1 aromatic rings. The molecule has 9 heteroatoms. The van der Waals surface area contributed by atoms with Crippen molar-refractivity contribution >= 4 is 21.4 Å². The lowest BCUT2D eigenvalue weighted by molar-refractivity contribution is -0.117. The van der Waals surface area contributed by atoms with Crippen molar-refractivity contribution in [3.63, 3.8) is 0 Å². The van der Waals surface area contributed by atoms with E-state index in [0.29, 0.717) is 11.3 Å². The van der Waals surface area contributed by atoms with E-state index in [-0.39, 0.29) is 17.9 Å². The molecule has 1 rings (SSSR count). The monoisotopic (exact) mass is 350 g/mol. The Labute approximate surface area is 133 Å². The molecule has 0 saturated heterocycles. The predicted octanol–water partition coefficient (Wildman–Crippen LogP) is 1.34. The molecule has 130 valence electrons. The first-order valence-corrected chi connectivity index (χ1v) is 8.90. The van der Waals surface area contributed by atoms with Gasteiger partial charge in [-0.25, -0.2) is 17.2 Å². The van der Waals surface area contributed by atoms with Gasteiger partial charge < -0.3 is 15.8 Å². The van der Waals surface area contributed by atoms with Crippen LogP contribution in [0.5, 0.6) is 5.75 Å². The number of benzene rings is 1. The Balaban J connectivity index is 2.69. The van der Waals surface area contributed by atoms with Gasteiger partial charge in [-0.1, -0.05) is 6.07 Å². The number of alkyl halides is 2. The number of sulfone groups is 1. The van der Waals surface area contributed by atoms with Crippen LogP contribution in [0.2, 0.25) is 0 Å². The summed E-state index contributed by atoms with van der Waals surface area (Å²) in [7, 11) is -3.20. The molecular formula is C14H20F2N2O4S. The molecule has 0 radical (unpaired) electrons. The van der Waals surface area contributed by atoms with Crippen LogP contribution in [0.15, 0.2) is 18.2 Å². The van der Waals surface area contributed by atoms with Gasteiger partial charge in [-0.15, -0.1) is 0 Å². The molecule has 0 aliphatic carbocycles. The van der Waals surface area contributed by atoms with E-state index in [2.05, 4.69) is 5.32 Å². The summed E-state index contributed by atoms with van der Waals surface area (Å²) < 4.78 is 51.5. The second-order valence-electron chi connectivity index (χ2n) is 5.20. The third-order valence-corrected chi connectivity index (χ3v) is 3.93. The third-order valence-electron chi connectivity index (χ3n) is 2.96. The summed E-state index contributed by atoms with van der Waals surface area (Å²) in [5.41, 5.74) is 6.61. The van der Waals surface area contributed by atoms with Crippen molar-refractivity contribution in [3.05, 3.63) is 23.8 Å². The van der Waals surface area contributed by atoms with Crippen molar-refractivity contribution in [2.75, 3.05) is 23.9 Å². The van der Waals surface area contributed by atoms with Gasteiger partial charge in [0.05, 0.1) is 11.8 Å². The van der Waals surface area contributed by atoms with Crippen molar-refractivity contribution in [1.82, 2.24) is 0 Å². The highest BCUT2D eigenvalue weighted by molar-refractivity contribution is 7.90. The van der Waals surface area contributed by atoms with E-state index < -0.39 is 34.8 Å². The highest BCUT2D eigenvalue weighted by atomic mass is 32.2. The highest BCUT2D eigenvalue weighted by Crippen LogP contribution is 2.23. The second kappa shape index (κ2) is 8.21. The lowest BCUT2D eigenvalue weighted by atomic mass is 10.2. The smallest absolute Gasteiger partial charge is 0.272 e. The Hall–Kier alpha value is -1.74. The predicted molar refractivity (Wildman–Crippen MR) is 83.6 cm³/mol. The SMILES string of the molecule is Cc1ccc(NC(=O)C(N)CCS(C)(=O)=O)cc1OCC(F)F. The zero-order valence-corrected chi connectivity index (χ0v) is 13.7. The van der Waals surface area contributed by atoms with E-state index in [0.717, 1.165) is 6.26 Å². The average Bonchev–Trinajstić information content (AvgIpc) is 2.44. The molecule has 0 bridgehead atoms. The molecule has 0 heterocycles. The van der Waals surface area contributed by atoms with E-state index in [9.17, 15) is 22.0 Å². The molecule has 1 amide bonds. The molecule has 1 unspecified atom stereocenters. The number of carbonyl (C=O) groups is 1. The molecule has 23 heavy (non-hydrogen) atoms. The standard InChI is InChI=1S/C14H20F2N2O4S/c1-9-3-4-10(7-12(9)22-8-13(15)16)18-14(19)11(17)5-6-23(2,20)21/h3-4,7,11,13H,5-6,8,17H2,1-2H3,(H,18,19). The largest absolute Gasteiger partial charge is 0.487 e. The minimum Gasteiger partial charge on any atom is -0.487 e. The van der Waals surface area contributed by atoms with Crippen LogP contribution in [0.4, 0.5) is 14.5 Å². The molecule has 0 aromatic heterocycles. The fourth-order valence-electron chi connectivity index (χ4n) is 1.69. The number of amides is 1. The number of ether oxygens (including phenoxy) is 1. The Morgan fingerprint density at radius 2 is 2.04 bits per heavy atom. The second-order valence-corrected chi connectivity index (χ2v) is 7.46. The maximum Gasteiger partial charge on any atom is 0.272 e. The summed E-state index contributed by atoms with van der Waals surface area (Å²) in [6.07, 6.45) is -1.55. The van der Waals surface area contributed by atoms with E-state index >= 15 is 0 Å². The summed E-state index contributed by atoms with van der Waals surface area (Å²) in [5.74, 6) is -0.525. The molecule has 0 spiro atoms.